The molecule has 232 valence electrons. The maximum Gasteiger partial charge on any atom is 0.294 e. The molecule has 1 unspecified atom stereocenters. The van der Waals surface area contributed by atoms with E-state index in [1.54, 1.807) is 24.3 Å². The molecular formula is C34H38N2O6S2. The molecule has 0 spiro atoms. The van der Waals surface area contributed by atoms with E-state index in [9.17, 15) is 16.8 Å². The minimum atomic E-state index is -4.02. The smallest absolute Gasteiger partial charge is 0.294 e. The maximum atomic E-state index is 10.5. The van der Waals surface area contributed by atoms with E-state index in [1.807, 2.05) is 13.8 Å². The van der Waals surface area contributed by atoms with Crippen LogP contribution in [-0.2, 0) is 26.7 Å². The Balaban J connectivity index is 0.000000148. The fraction of sp³-hybridized carbons (Fsp3) is 0.294. The van der Waals surface area contributed by atoms with E-state index < -0.39 is 20.2 Å². The monoisotopic (exact) mass is 634 g/mol. The van der Waals surface area contributed by atoms with Crippen molar-refractivity contribution < 1.29 is 25.9 Å². The van der Waals surface area contributed by atoms with Gasteiger partial charge in [-0.15, -0.1) is 0 Å². The highest BCUT2D eigenvalue weighted by atomic mass is 32.2. The van der Waals surface area contributed by atoms with Crippen molar-refractivity contribution in [2.75, 3.05) is 25.0 Å². The summed E-state index contributed by atoms with van der Waals surface area (Å²) in [6.45, 7) is 7.52. The molecule has 3 aliphatic heterocycles. The van der Waals surface area contributed by atoms with Gasteiger partial charge in [0.15, 0.2) is 0 Å². The molecule has 1 aliphatic carbocycles. The number of nitrogens with zero attached hydrogens (tertiary/aromatic N) is 1. The number of fused-ring (bicyclic) bond motifs is 6. The summed E-state index contributed by atoms with van der Waals surface area (Å²) in [5.41, 5.74) is 9.02. The molecule has 3 N–H and O–H groups in total. The molecule has 3 saturated heterocycles. The minimum Gasteiger partial charge on any atom is -0.381 e. The van der Waals surface area contributed by atoms with Gasteiger partial charge in [0.25, 0.3) is 20.2 Å². The van der Waals surface area contributed by atoms with E-state index in [1.165, 1.54) is 84.7 Å². The average Bonchev–Trinajstić information content (AvgIpc) is 3.36. The van der Waals surface area contributed by atoms with Gasteiger partial charge in [0.05, 0.1) is 9.79 Å². The second-order valence-corrected chi connectivity index (χ2v) is 14.5. The first kappa shape index (κ1) is 31.9. The van der Waals surface area contributed by atoms with E-state index in [4.69, 9.17) is 9.11 Å². The van der Waals surface area contributed by atoms with E-state index in [2.05, 4.69) is 52.7 Å². The van der Waals surface area contributed by atoms with Gasteiger partial charge in [-0.1, -0.05) is 65.7 Å². The molecule has 10 heteroatoms. The molecule has 0 saturated carbocycles. The number of anilines is 1. The van der Waals surface area contributed by atoms with Crippen LogP contribution in [0.1, 0.15) is 35.1 Å². The molecule has 0 amide bonds. The van der Waals surface area contributed by atoms with E-state index >= 15 is 0 Å². The third-order valence-electron chi connectivity index (χ3n) is 8.44. The van der Waals surface area contributed by atoms with Gasteiger partial charge in [0.1, 0.15) is 0 Å². The fourth-order valence-corrected chi connectivity index (χ4v) is 6.96. The predicted molar refractivity (Wildman–Crippen MR) is 173 cm³/mol. The standard InChI is InChI=1S/C20H22N2.2C7H8O3S/c1-2-4-18-15(3-1)11-16-12-17(5-6-19(16)18)21-20-13-22-9-7-14(20)8-10-22;2*1-6-2-4-7(5-3-6)11(8,9)10/h1-6,12,14,20-21H,7-11,13H2;2*2-5H,1H3,(H,8,9,10). The Labute approximate surface area is 260 Å². The van der Waals surface area contributed by atoms with Crippen LogP contribution < -0.4 is 5.32 Å². The second kappa shape index (κ2) is 13.2. The largest absolute Gasteiger partial charge is 0.381 e. The molecule has 0 aromatic heterocycles. The summed E-state index contributed by atoms with van der Waals surface area (Å²) < 4.78 is 59.1. The third-order valence-corrected chi connectivity index (χ3v) is 10.2. The van der Waals surface area contributed by atoms with E-state index in [0.29, 0.717) is 6.04 Å². The maximum absolute atomic E-state index is 10.5. The number of rotatable bonds is 4. The Morgan fingerprint density at radius 3 is 1.70 bits per heavy atom. The molecule has 4 aliphatic rings. The van der Waals surface area contributed by atoms with Crippen LogP contribution in [-0.4, -0.2) is 56.5 Å². The fourth-order valence-electron chi connectivity index (χ4n) is 6.00. The molecule has 3 fully saturated rings. The molecule has 4 aromatic carbocycles. The molecule has 44 heavy (non-hydrogen) atoms. The molecule has 8 nitrogen and oxygen atoms in total. The van der Waals surface area contributed by atoms with Gasteiger partial charge >= 0.3 is 0 Å². The van der Waals surface area contributed by atoms with Gasteiger partial charge in [-0.3, -0.25) is 9.11 Å². The number of hydrogen-bond donors (Lipinski definition) is 3. The van der Waals surface area contributed by atoms with Gasteiger partial charge in [-0.05, 0) is 111 Å². The number of aryl methyl sites for hydroxylation is 2. The van der Waals surface area contributed by atoms with Crippen LogP contribution in [0.25, 0.3) is 11.1 Å². The molecule has 1 atom stereocenters. The van der Waals surface area contributed by atoms with E-state index in [-0.39, 0.29) is 9.79 Å². The van der Waals surface area contributed by atoms with Gasteiger partial charge in [0, 0.05) is 18.3 Å². The average molecular weight is 635 g/mol. The number of benzene rings is 4. The van der Waals surface area contributed by atoms with Crippen molar-refractivity contribution >= 4 is 25.9 Å². The highest BCUT2D eigenvalue weighted by Crippen LogP contribution is 2.38. The first-order valence-electron chi connectivity index (χ1n) is 14.7. The summed E-state index contributed by atoms with van der Waals surface area (Å²) in [5.74, 6) is 0.871. The van der Waals surface area contributed by atoms with Crippen LogP contribution in [0.2, 0.25) is 0 Å². The van der Waals surface area contributed by atoms with Crippen molar-refractivity contribution in [3.63, 3.8) is 0 Å². The zero-order chi connectivity index (χ0) is 31.5. The van der Waals surface area contributed by atoms with Crippen LogP contribution in [0.15, 0.2) is 101 Å². The van der Waals surface area contributed by atoms with Crippen LogP contribution >= 0.6 is 0 Å². The Bertz CT molecular complexity index is 1740. The third kappa shape index (κ3) is 7.94. The Morgan fingerprint density at radius 1 is 0.682 bits per heavy atom. The lowest BCUT2D eigenvalue weighted by Crippen LogP contribution is -2.53. The summed E-state index contributed by atoms with van der Waals surface area (Å²) in [5, 5.41) is 3.83. The van der Waals surface area contributed by atoms with E-state index in [0.717, 1.165) is 23.5 Å². The van der Waals surface area contributed by atoms with Crippen molar-refractivity contribution in [2.45, 2.75) is 48.9 Å². The van der Waals surface area contributed by atoms with Crippen LogP contribution in [0.4, 0.5) is 5.69 Å². The number of nitrogens with one attached hydrogen (secondary N) is 1. The summed E-state index contributed by atoms with van der Waals surface area (Å²) in [4.78, 5) is 2.48. The van der Waals surface area contributed by atoms with Crippen molar-refractivity contribution in [3.05, 3.63) is 113 Å². The first-order valence-corrected chi connectivity index (χ1v) is 17.5. The molecule has 2 bridgehead atoms. The van der Waals surface area contributed by atoms with Crippen molar-refractivity contribution in [2.24, 2.45) is 5.92 Å². The SMILES string of the molecule is Cc1ccc(S(=O)(=O)O)cc1.Cc1ccc(S(=O)(=O)O)cc1.c1ccc2c(c1)Cc1cc(NC3CN4CCC3CC4)ccc1-2. The molecule has 8 rings (SSSR count). The lowest BCUT2D eigenvalue weighted by atomic mass is 9.84. The summed E-state index contributed by atoms with van der Waals surface area (Å²) in [6.07, 6.45) is 3.82. The van der Waals surface area contributed by atoms with Crippen LogP contribution in [0.5, 0.6) is 0 Å². The first-order chi connectivity index (χ1) is 20.9. The lowest BCUT2D eigenvalue weighted by molar-refractivity contribution is 0.0975. The second-order valence-electron chi connectivity index (χ2n) is 11.7. The Morgan fingerprint density at radius 2 is 1.20 bits per heavy atom. The topological polar surface area (TPSA) is 124 Å². The van der Waals surface area contributed by atoms with Crippen molar-refractivity contribution in [1.29, 1.82) is 0 Å². The van der Waals surface area contributed by atoms with Gasteiger partial charge in [-0.25, -0.2) is 0 Å². The summed E-state index contributed by atoms with van der Waals surface area (Å²) >= 11 is 0. The zero-order valence-corrected chi connectivity index (χ0v) is 26.5. The number of hydrogen-bond acceptors (Lipinski definition) is 6. The predicted octanol–water partition coefficient (Wildman–Crippen LogP) is 6.25. The van der Waals surface area contributed by atoms with Gasteiger partial charge in [-0.2, -0.15) is 16.8 Å². The quantitative estimate of drug-likeness (QED) is 0.198. The van der Waals surface area contributed by atoms with Crippen molar-refractivity contribution in [3.8, 4) is 11.1 Å². The lowest BCUT2D eigenvalue weighted by Gasteiger charge is -2.45. The highest BCUT2D eigenvalue weighted by Gasteiger charge is 2.34. The van der Waals surface area contributed by atoms with Crippen LogP contribution in [0.3, 0.4) is 0 Å². The molecule has 0 radical (unpaired) electrons. The van der Waals surface area contributed by atoms with Crippen LogP contribution in [0, 0.1) is 19.8 Å². The van der Waals surface area contributed by atoms with Crippen molar-refractivity contribution in [1.82, 2.24) is 4.90 Å². The summed E-state index contributed by atoms with van der Waals surface area (Å²) in [6, 6.07) is 28.4. The molecule has 3 heterocycles. The molecule has 4 aromatic rings. The normalized spacial score (nSPS) is 19.9. The Kier molecular flexibility index (Phi) is 9.57. The minimum absolute atomic E-state index is 0.0666. The molecular weight excluding hydrogens is 597 g/mol. The summed E-state index contributed by atoms with van der Waals surface area (Å²) in [7, 11) is -8.04. The Hall–Kier alpha value is -3.54. The number of piperidine rings is 3. The van der Waals surface area contributed by atoms with Gasteiger partial charge < -0.3 is 10.2 Å². The highest BCUT2D eigenvalue weighted by molar-refractivity contribution is 7.86. The van der Waals surface area contributed by atoms with Gasteiger partial charge in [0.2, 0.25) is 0 Å². The zero-order valence-electron chi connectivity index (χ0n) is 24.8.